The summed E-state index contributed by atoms with van der Waals surface area (Å²) in [5, 5.41) is 12.4. The van der Waals surface area contributed by atoms with Crippen LogP contribution in [0.25, 0.3) is 10.6 Å². The van der Waals surface area contributed by atoms with E-state index in [4.69, 9.17) is 0 Å². The molecule has 2 aromatic rings. The summed E-state index contributed by atoms with van der Waals surface area (Å²) in [6, 6.07) is 9.49. The fourth-order valence-electron chi connectivity index (χ4n) is 3.83. The Balaban J connectivity index is 1.49. The number of aryl methyl sites for hydroxylation is 1. The van der Waals surface area contributed by atoms with Gasteiger partial charge in [-0.1, -0.05) is 0 Å². The van der Waals surface area contributed by atoms with Gasteiger partial charge in [-0.2, -0.15) is 0 Å². The highest BCUT2D eigenvalue weighted by molar-refractivity contribution is 7.15. The molecule has 4 nitrogen and oxygen atoms in total. The Kier molecular flexibility index (Phi) is 3.62. The molecule has 2 atom stereocenters. The summed E-state index contributed by atoms with van der Waals surface area (Å²) in [5.41, 5.74) is 0.964. The maximum atomic E-state index is 4.40. The Morgan fingerprint density at radius 1 is 1.14 bits per heavy atom. The van der Waals surface area contributed by atoms with Crippen LogP contribution in [0, 0.1) is 12.8 Å². The molecule has 5 heterocycles. The molecular weight excluding hydrogens is 292 g/mol. The second-order valence-electron chi connectivity index (χ2n) is 6.50. The fraction of sp³-hybridized carbons (Fsp3) is 0.529. The predicted molar refractivity (Wildman–Crippen MR) is 91.3 cm³/mol. The smallest absolute Gasteiger partial charge is 0.148 e. The molecule has 5 heteroatoms. The Morgan fingerprint density at radius 2 is 1.95 bits per heavy atom. The van der Waals surface area contributed by atoms with E-state index in [0.717, 1.165) is 17.4 Å². The summed E-state index contributed by atoms with van der Waals surface area (Å²) < 4.78 is 0. The zero-order valence-electron chi connectivity index (χ0n) is 13.1. The molecule has 0 unspecified atom stereocenters. The van der Waals surface area contributed by atoms with Crippen molar-refractivity contribution in [2.24, 2.45) is 5.92 Å². The van der Waals surface area contributed by atoms with Crippen molar-refractivity contribution in [3.63, 3.8) is 0 Å². The number of anilines is 1. The molecule has 2 bridgehead atoms. The lowest BCUT2D eigenvalue weighted by molar-refractivity contribution is 0.0457. The second-order valence-corrected chi connectivity index (χ2v) is 7.79. The summed E-state index contributed by atoms with van der Waals surface area (Å²) >= 11 is 1.76. The topological polar surface area (TPSA) is 41.0 Å². The number of aromatic nitrogens is 2. The molecule has 3 saturated heterocycles. The van der Waals surface area contributed by atoms with Crippen molar-refractivity contribution >= 4 is 17.2 Å². The first-order valence-corrected chi connectivity index (χ1v) is 8.93. The lowest BCUT2D eigenvalue weighted by Crippen LogP contribution is -2.59. The van der Waals surface area contributed by atoms with Crippen LogP contribution in [0.5, 0.6) is 0 Å². The van der Waals surface area contributed by atoms with Crippen molar-refractivity contribution in [1.82, 2.24) is 15.1 Å². The minimum atomic E-state index is 0.506. The maximum Gasteiger partial charge on any atom is 0.148 e. The zero-order chi connectivity index (χ0) is 15.1. The van der Waals surface area contributed by atoms with Gasteiger partial charge in [0, 0.05) is 17.0 Å². The Bertz CT molecular complexity index is 641. The lowest BCUT2D eigenvalue weighted by atomic mass is 9.79. The van der Waals surface area contributed by atoms with Crippen LogP contribution < -0.4 is 5.32 Å². The van der Waals surface area contributed by atoms with Crippen LogP contribution in [-0.2, 0) is 0 Å². The average molecular weight is 314 g/mol. The molecule has 0 spiro atoms. The standard InChI is InChI=1S/C17H22N4S/c1-11-3-5-15(22-11)14-4-6-16(20-19-14)18-17-12(2)21-9-7-13(17)8-10-21/h3-6,12-13,17H,7-10H2,1-2H3,(H,18,20)/t12-,17-/m1/s1. The molecule has 22 heavy (non-hydrogen) atoms. The highest BCUT2D eigenvalue weighted by atomic mass is 32.1. The number of nitrogens with one attached hydrogen (secondary N) is 1. The van der Waals surface area contributed by atoms with Gasteiger partial charge in [0.05, 0.1) is 4.88 Å². The van der Waals surface area contributed by atoms with Gasteiger partial charge in [-0.25, -0.2) is 0 Å². The van der Waals surface area contributed by atoms with E-state index >= 15 is 0 Å². The van der Waals surface area contributed by atoms with E-state index in [1.54, 1.807) is 11.3 Å². The number of rotatable bonds is 3. The summed E-state index contributed by atoms with van der Waals surface area (Å²) in [6.07, 6.45) is 2.62. The summed E-state index contributed by atoms with van der Waals surface area (Å²) in [6.45, 7) is 6.96. The Hall–Kier alpha value is -1.46. The highest BCUT2D eigenvalue weighted by Gasteiger charge is 2.39. The van der Waals surface area contributed by atoms with E-state index in [9.17, 15) is 0 Å². The minimum Gasteiger partial charge on any atom is -0.364 e. The van der Waals surface area contributed by atoms with Gasteiger partial charge in [-0.05, 0) is 70.0 Å². The molecule has 1 N–H and O–H groups in total. The van der Waals surface area contributed by atoms with Crippen molar-refractivity contribution in [1.29, 1.82) is 0 Å². The van der Waals surface area contributed by atoms with Gasteiger partial charge in [0.2, 0.25) is 0 Å². The minimum absolute atomic E-state index is 0.506. The van der Waals surface area contributed by atoms with Crippen molar-refractivity contribution in [3.8, 4) is 10.6 Å². The van der Waals surface area contributed by atoms with E-state index in [0.29, 0.717) is 12.1 Å². The number of piperidine rings is 3. The summed E-state index contributed by atoms with van der Waals surface area (Å²) in [5.74, 6) is 1.68. The monoisotopic (exact) mass is 314 g/mol. The third-order valence-electron chi connectivity index (χ3n) is 5.15. The molecule has 3 aliphatic heterocycles. The number of fused-ring (bicyclic) bond motifs is 3. The second kappa shape index (κ2) is 5.63. The maximum absolute atomic E-state index is 4.40. The third kappa shape index (κ3) is 2.52. The van der Waals surface area contributed by atoms with Crippen LogP contribution in [0.2, 0.25) is 0 Å². The van der Waals surface area contributed by atoms with Crippen LogP contribution in [0.3, 0.4) is 0 Å². The molecule has 0 radical (unpaired) electrons. The van der Waals surface area contributed by atoms with Crippen LogP contribution in [0.1, 0.15) is 24.6 Å². The lowest BCUT2D eigenvalue weighted by Gasteiger charge is -2.50. The fourth-order valence-corrected chi connectivity index (χ4v) is 4.66. The molecule has 5 rings (SSSR count). The average Bonchev–Trinajstić information content (AvgIpc) is 2.98. The number of nitrogens with zero attached hydrogens (tertiary/aromatic N) is 3. The van der Waals surface area contributed by atoms with E-state index < -0.39 is 0 Å². The first-order valence-electron chi connectivity index (χ1n) is 8.12. The van der Waals surface area contributed by atoms with Gasteiger partial charge in [-0.3, -0.25) is 4.90 Å². The first-order chi connectivity index (χ1) is 10.7. The van der Waals surface area contributed by atoms with Crippen molar-refractivity contribution in [3.05, 3.63) is 29.1 Å². The van der Waals surface area contributed by atoms with Crippen LogP contribution >= 0.6 is 11.3 Å². The van der Waals surface area contributed by atoms with Gasteiger partial charge in [-0.15, -0.1) is 21.5 Å². The SMILES string of the molecule is Cc1ccc(-c2ccc(N[C@H]3C4CCN(CC4)[C@@H]3C)nn2)s1. The number of thiophene rings is 1. The molecule has 116 valence electrons. The van der Waals surface area contributed by atoms with E-state index in [1.165, 1.54) is 35.7 Å². The van der Waals surface area contributed by atoms with Crippen molar-refractivity contribution < 1.29 is 0 Å². The van der Waals surface area contributed by atoms with Crippen LogP contribution in [-0.4, -0.2) is 40.3 Å². The summed E-state index contributed by atoms with van der Waals surface area (Å²) in [7, 11) is 0. The van der Waals surface area contributed by atoms with Gasteiger partial charge in [0.15, 0.2) is 0 Å². The highest BCUT2D eigenvalue weighted by Crippen LogP contribution is 2.34. The van der Waals surface area contributed by atoms with Gasteiger partial charge in [0.25, 0.3) is 0 Å². The molecule has 0 aromatic carbocycles. The predicted octanol–water partition coefficient (Wildman–Crippen LogP) is 3.41. The molecule has 3 aliphatic rings. The summed E-state index contributed by atoms with van der Waals surface area (Å²) in [4.78, 5) is 5.08. The Morgan fingerprint density at radius 3 is 2.55 bits per heavy atom. The molecule has 0 aliphatic carbocycles. The zero-order valence-corrected chi connectivity index (χ0v) is 13.9. The normalized spacial score (nSPS) is 30.5. The van der Waals surface area contributed by atoms with Crippen molar-refractivity contribution in [2.45, 2.75) is 38.8 Å². The molecular formula is C17H22N4S. The van der Waals surface area contributed by atoms with Gasteiger partial charge >= 0.3 is 0 Å². The third-order valence-corrected chi connectivity index (χ3v) is 6.17. The van der Waals surface area contributed by atoms with Gasteiger partial charge < -0.3 is 5.32 Å². The van der Waals surface area contributed by atoms with Crippen molar-refractivity contribution in [2.75, 3.05) is 18.4 Å². The van der Waals surface area contributed by atoms with Crippen LogP contribution in [0.4, 0.5) is 5.82 Å². The number of hydrogen-bond acceptors (Lipinski definition) is 5. The number of hydrogen-bond donors (Lipinski definition) is 1. The quantitative estimate of drug-likeness (QED) is 0.942. The van der Waals surface area contributed by atoms with E-state index in [-0.39, 0.29) is 0 Å². The van der Waals surface area contributed by atoms with E-state index in [2.05, 4.69) is 58.5 Å². The molecule has 0 amide bonds. The molecule has 3 fully saturated rings. The van der Waals surface area contributed by atoms with Gasteiger partial charge in [0.1, 0.15) is 11.5 Å². The largest absolute Gasteiger partial charge is 0.364 e. The Labute approximate surface area is 135 Å². The molecule has 0 saturated carbocycles. The first kappa shape index (κ1) is 14.2. The van der Waals surface area contributed by atoms with Crippen LogP contribution in [0.15, 0.2) is 24.3 Å². The van der Waals surface area contributed by atoms with E-state index in [1.807, 2.05) is 0 Å². The molecule has 2 aromatic heterocycles.